The summed E-state index contributed by atoms with van der Waals surface area (Å²) in [5, 5.41) is 13.8. The molecule has 26 heavy (non-hydrogen) atoms. The molecular weight excluding hydrogens is 334 g/mol. The van der Waals surface area contributed by atoms with Crippen molar-refractivity contribution in [3.05, 3.63) is 54.1 Å². The predicted octanol–water partition coefficient (Wildman–Crippen LogP) is 2.03. The van der Waals surface area contributed by atoms with Crippen molar-refractivity contribution in [1.29, 1.82) is 0 Å². The average molecular weight is 356 g/mol. The zero-order chi connectivity index (χ0) is 18.9. The monoisotopic (exact) mass is 356 g/mol. The van der Waals surface area contributed by atoms with Crippen LogP contribution in [0.4, 0.5) is 5.69 Å². The number of amides is 1. The van der Waals surface area contributed by atoms with Gasteiger partial charge >= 0.3 is 0 Å². The molecule has 0 aromatic heterocycles. The number of anilines is 1. The summed E-state index contributed by atoms with van der Waals surface area (Å²) < 4.78 is 10.5. The second-order valence-corrected chi connectivity index (χ2v) is 5.77. The first-order valence-electron chi connectivity index (χ1n) is 8.38. The Morgan fingerprint density at radius 1 is 1.04 bits per heavy atom. The number of ether oxygens (including phenoxy) is 2. The number of methoxy groups -OCH3 is 1. The molecule has 6 heteroatoms. The van der Waals surface area contributed by atoms with Crippen molar-refractivity contribution in [3.63, 3.8) is 0 Å². The summed E-state index contributed by atoms with van der Waals surface area (Å²) >= 11 is 0. The molecule has 0 fully saturated rings. The van der Waals surface area contributed by atoms with Crippen molar-refractivity contribution in [2.75, 3.05) is 19.0 Å². The number of hydrogen-bond acceptors (Lipinski definition) is 5. The minimum absolute atomic E-state index is 0.292. The van der Waals surface area contributed by atoms with Gasteiger partial charge in [-0.25, -0.2) is 0 Å². The van der Waals surface area contributed by atoms with Crippen molar-refractivity contribution in [2.45, 2.75) is 19.8 Å². The van der Waals surface area contributed by atoms with E-state index in [1.807, 2.05) is 19.1 Å². The fraction of sp³-hybridized carbons (Fsp3) is 0.300. The highest BCUT2D eigenvalue weighted by Crippen LogP contribution is 2.20. The summed E-state index contributed by atoms with van der Waals surface area (Å²) in [6, 6.07) is 14.1. The number of hydrogen-bond donors (Lipinski definition) is 1. The summed E-state index contributed by atoms with van der Waals surface area (Å²) in [6.45, 7) is 2.45. The third-order valence-corrected chi connectivity index (χ3v) is 3.86. The Balaban J connectivity index is 2.06. The molecule has 1 atom stereocenters. The lowest BCUT2D eigenvalue weighted by Gasteiger charge is -2.18. The highest BCUT2D eigenvalue weighted by molar-refractivity contribution is 5.94. The molecule has 0 unspecified atom stereocenters. The number of benzene rings is 2. The molecule has 1 amide bonds. The van der Waals surface area contributed by atoms with E-state index in [0.717, 1.165) is 5.56 Å². The number of carbonyl (C=O) groups is 2. The molecule has 0 aliphatic heterocycles. The summed E-state index contributed by atoms with van der Waals surface area (Å²) in [5.41, 5.74) is 1.43. The minimum atomic E-state index is -1.26. The first-order valence-corrected chi connectivity index (χ1v) is 8.38. The molecule has 0 heterocycles. The fourth-order valence-corrected chi connectivity index (χ4v) is 2.55. The molecule has 0 radical (unpaired) electrons. The topological polar surface area (TPSA) is 87.7 Å². The van der Waals surface area contributed by atoms with Gasteiger partial charge in [0.1, 0.15) is 11.5 Å². The largest absolute Gasteiger partial charge is 0.550 e. The summed E-state index contributed by atoms with van der Waals surface area (Å²) in [4.78, 5) is 23.6. The summed E-state index contributed by atoms with van der Waals surface area (Å²) in [7, 11) is 1.57. The maximum Gasteiger partial charge on any atom is 0.228 e. The molecule has 0 saturated heterocycles. The molecule has 0 aliphatic carbocycles. The van der Waals surface area contributed by atoms with Gasteiger partial charge in [0, 0.05) is 17.6 Å². The Morgan fingerprint density at radius 2 is 1.65 bits per heavy atom. The van der Waals surface area contributed by atoms with Gasteiger partial charge in [-0.1, -0.05) is 12.1 Å². The molecule has 0 bridgehead atoms. The van der Waals surface area contributed by atoms with Crippen LogP contribution in [0.1, 0.15) is 18.9 Å². The van der Waals surface area contributed by atoms with Gasteiger partial charge in [0.15, 0.2) is 0 Å². The van der Waals surface area contributed by atoms with Crippen molar-refractivity contribution in [1.82, 2.24) is 0 Å². The van der Waals surface area contributed by atoms with Gasteiger partial charge in [0.2, 0.25) is 5.91 Å². The quantitative estimate of drug-likeness (QED) is 0.743. The number of rotatable bonds is 9. The molecule has 6 nitrogen and oxygen atoms in total. The van der Waals surface area contributed by atoms with E-state index in [0.29, 0.717) is 30.2 Å². The number of aliphatic carboxylic acids is 1. The zero-order valence-corrected chi connectivity index (χ0v) is 14.9. The van der Waals surface area contributed by atoms with Crippen LogP contribution in [-0.2, 0) is 16.0 Å². The molecule has 0 spiro atoms. The maximum atomic E-state index is 12.5. The van der Waals surface area contributed by atoms with Crippen LogP contribution in [-0.4, -0.2) is 25.6 Å². The number of carbonyl (C=O) groups excluding carboxylic acids is 2. The Hall–Kier alpha value is -3.02. The summed E-state index contributed by atoms with van der Waals surface area (Å²) in [6.07, 6.45) is -0.0598. The van der Waals surface area contributed by atoms with Gasteiger partial charge in [-0.05, 0) is 61.7 Å². The zero-order valence-electron chi connectivity index (χ0n) is 14.9. The van der Waals surface area contributed by atoms with E-state index in [2.05, 4.69) is 5.32 Å². The molecule has 2 rings (SSSR count). The first-order chi connectivity index (χ1) is 12.5. The van der Waals surface area contributed by atoms with Crippen LogP contribution in [0.3, 0.4) is 0 Å². The molecule has 2 aromatic carbocycles. The Labute approximate surface area is 152 Å². The molecule has 2 aromatic rings. The van der Waals surface area contributed by atoms with Crippen molar-refractivity contribution in [3.8, 4) is 11.5 Å². The summed E-state index contributed by atoms with van der Waals surface area (Å²) in [5.74, 6) is -0.960. The highest BCUT2D eigenvalue weighted by Gasteiger charge is 2.20. The lowest BCUT2D eigenvalue weighted by atomic mass is 9.95. The van der Waals surface area contributed by atoms with E-state index in [1.165, 1.54) is 0 Å². The Kier molecular flexibility index (Phi) is 7.02. The van der Waals surface area contributed by atoms with E-state index < -0.39 is 11.9 Å². The van der Waals surface area contributed by atoms with Crippen LogP contribution < -0.4 is 19.9 Å². The van der Waals surface area contributed by atoms with E-state index in [4.69, 9.17) is 9.47 Å². The van der Waals surface area contributed by atoms with E-state index in [1.54, 1.807) is 43.5 Å². The average Bonchev–Trinajstić information content (AvgIpc) is 2.63. The van der Waals surface area contributed by atoms with E-state index in [-0.39, 0.29) is 12.3 Å². The fourth-order valence-electron chi connectivity index (χ4n) is 2.55. The normalized spacial score (nSPS) is 11.5. The number of carboxylic acids is 1. The van der Waals surface area contributed by atoms with Crippen molar-refractivity contribution in [2.24, 2.45) is 5.92 Å². The minimum Gasteiger partial charge on any atom is -0.550 e. The first kappa shape index (κ1) is 19.3. The second kappa shape index (κ2) is 9.46. The highest BCUT2D eigenvalue weighted by atomic mass is 16.5. The third-order valence-electron chi connectivity index (χ3n) is 3.86. The number of carboxylic acid groups (broad SMARTS) is 1. The third kappa shape index (κ3) is 5.81. The second-order valence-electron chi connectivity index (χ2n) is 5.77. The smallest absolute Gasteiger partial charge is 0.228 e. The van der Waals surface area contributed by atoms with Crippen molar-refractivity contribution < 1.29 is 24.2 Å². The van der Waals surface area contributed by atoms with E-state index >= 15 is 0 Å². The Bertz CT molecular complexity index is 725. The molecule has 1 N–H and O–H groups in total. The standard InChI is InChI=1S/C20H23NO5/c1-3-26-18-10-6-16(7-11-18)21-20(24)15(13-19(22)23)12-14-4-8-17(25-2)9-5-14/h4-11,15H,3,12-13H2,1-2H3,(H,21,24)(H,22,23)/p-1/t15-/m0/s1. The van der Waals surface area contributed by atoms with Crippen molar-refractivity contribution >= 4 is 17.6 Å². The molecule has 0 aliphatic rings. The van der Waals surface area contributed by atoms with Gasteiger partial charge in [-0.3, -0.25) is 4.79 Å². The van der Waals surface area contributed by atoms with Gasteiger partial charge < -0.3 is 24.7 Å². The SMILES string of the molecule is CCOc1ccc(NC(=O)[C@H](CC(=O)[O-])Cc2ccc(OC)cc2)cc1. The maximum absolute atomic E-state index is 12.5. The van der Waals surface area contributed by atoms with Crippen LogP contribution in [0.5, 0.6) is 11.5 Å². The van der Waals surface area contributed by atoms with Crippen LogP contribution in [0.2, 0.25) is 0 Å². The van der Waals surface area contributed by atoms with Crippen LogP contribution in [0.15, 0.2) is 48.5 Å². The molecular formula is C20H22NO5-. The van der Waals surface area contributed by atoms with Gasteiger partial charge in [-0.15, -0.1) is 0 Å². The van der Waals surface area contributed by atoms with Crippen LogP contribution >= 0.6 is 0 Å². The lowest BCUT2D eigenvalue weighted by molar-refractivity contribution is -0.306. The van der Waals surface area contributed by atoms with Crippen LogP contribution in [0, 0.1) is 5.92 Å². The van der Waals surface area contributed by atoms with E-state index in [9.17, 15) is 14.7 Å². The van der Waals surface area contributed by atoms with Crippen LogP contribution in [0.25, 0.3) is 0 Å². The predicted molar refractivity (Wildman–Crippen MR) is 96.1 cm³/mol. The molecule has 0 saturated carbocycles. The Morgan fingerprint density at radius 3 is 2.19 bits per heavy atom. The lowest BCUT2D eigenvalue weighted by Crippen LogP contribution is -2.32. The van der Waals surface area contributed by atoms with Gasteiger partial charge in [0.25, 0.3) is 0 Å². The number of nitrogens with one attached hydrogen (secondary N) is 1. The van der Waals surface area contributed by atoms with Gasteiger partial charge in [0.05, 0.1) is 13.7 Å². The molecule has 138 valence electrons. The van der Waals surface area contributed by atoms with Gasteiger partial charge in [-0.2, -0.15) is 0 Å².